The van der Waals surface area contributed by atoms with Gasteiger partial charge in [-0.2, -0.15) is 0 Å². The van der Waals surface area contributed by atoms with E-state index in [1.165, 1.54) is 17.0 Å². The van der Waals surface area contributed by atoms with Crippen LogP contribution in [-0.2, 0) is 4.79 Å². The molecule has 0 spiro atoms. The van der Waals surface area contributed by atoms with Crippen molar-refractivity contribution in [2.75, 3.05) is 11.9 Å². The Morgan fingerprint density at radius 3 is 2.80 bits per heavy atom. The van der Waals surface area contributed by atoms with Gasteiger partial charge in [0.1, 0.15) is 5.82 Å². The molecule has 1 aromatic rings. The molecule has 0 aromatic heterocycles. The summed E-state index contributed by atoms with van der Waals surface area (Å²) < 4.78 is 12.9. The third kappa shape index (κ3) is 2.76. The van der Waals surface area contributed by atoms with Gasteiger partial charge in [0.05, 0.1) is 6.04 Å². The van der Waals surface area contributed by atoms with Crippen molar-refractivity contribution in [3.8, 4) is 0 Å². The number of halogens is 1. The highest BCUT2D eigenvalue weighted by Crippen LogP contribution is 2.14. The van der Waals surface area contributed by atoms with Crippen molar-refractivity contribution in [2.45, 2.75) is 19.4 Å². The topological polar surface area (TPSA) is 46.3 Å². The van der Waals surface area contributed by atoms with E-state index in [1.54, 1.807) is 19.2 Å². The van der Waals surface area contributed by atoms with E-state index in [9.17, 15) is 9.18 Å². The van der Waals surface area contributed by atoms with Gasteiger partial charge in [0.25, 0.3) is 0 Å². The van der Waals surface area contributed by atoms with Crippen molar-refractivity contribution in [3.05, 3.63) is 30.1 Å². The summed E-state index contributed by atoms with van der Waals surface area (Å²) in [4.78, 5) is 13.0. The van der Waals surface area contributed by atoms with Crippen LogP contribution in [0.4, 0.5) is 10.1 Å². The van der Waals surface area contributed by atoms with Crippen molar-refractivity contribution in [1.29, 1.82) is 0 Å². The van der Waals surface area contributed by atoms with Crippen LogP contribution in [0.5, 0.6) is 0 Å². The fourth-order valence-corrected chi connectivity index (χ4v) is 1.24. The van der Waals surface area contributed by atoms with Gasteiger partial charge in [0, 0.05) is 12.7 Å². The molecule has 3 nitrogen and oxygen atoms in total. The van der Waals surface area contributed by atoms with Crippen molar-refractivity contribution >= 4 is 11.6 Å². The lowest BCUT2D eigenvalue weighted by molar-refractivity contribution is -0.119. The van der Waals surface area contributed by atoms with Crippen LogP contribution in [0.1, 0.15) is 13.3 Å². The number of rotatable bonds is 3. The summed E-state index contributed by atoms with van der Waals surface area (Å²) >= 11 is 0. The van der Waals surface area contributed by atoms with Crippen molar-refractivity contribution in [1.82, 2.24) is 0 Å². The van der Waals surface area contributed by atoms with E-state index in [0.717, 1.165) is 0 Å². The first-order valence-electron chi connectivity index (χ1n) is 4.85. The number of anilines is 1. The Morgan fingerprint density at radius 1 is 1.60 bits per heavy atom. The average Bonchev–Trinajstić information content (AvgIpc) is 2.26. The molecule has 82 valence electrons. The maximum absolute atomic E-state index is 12.9. The first-order chi connectivity index (χ1) is 7.06. The molecule has 0 fully saturated rings. The molecule has 0 aliphatic heterocycles. The Kier molecular flexibility index (Phi) is 3.80. The lowest BCUT2D eigenvalue weighted by atomic mass is 10.2. The fraction of sp³-hybridized carbons (Fsp3) is 0.364. The van der Waals surface area contributed by atoms with E-state index in [4.69, 9.17) is 5.73 Å². The van der Waals surface area contributed by atoms with Gasteiger partial charge in [-0.15, -0.1) is 0 Å². The highest BCUT2D eigenvalue weighted by Gasteiger charge is 2.17. The number of nitrogens with two attached hydrogens (primary N) is 1. The number of nitrogens with zero attached hydrogens (tertiary/aromatic N) is 1. The number of hydrogen-bond acceptors (Lipinski definition) is 2. The van der Waals surface area contributed by atoms with Crippen molar-refractivity contribution < 1.29 is 9.18 Å². The molecule has 0 bridgehead atoms. The zero-order valence-electron chi connectivity index (χ0n) is 8.90. The summed E-state index contributed by atoms with van der Waals surface area (Å²) in [6, 6.07) is 5.34. The van der Waals surface area contributed by atoms with Crippen LogP contribution in [0.2, 0.25) is 0 Å². The number of carbonyl (C=O) groups excluding carboxylic acids is 1. The molecular weight excluding hydrogens is 195 g/mol. The predicted octanol–water partition coefficient (Wildman–Crippen LogP) is 1.53. The zero-order chi connectivity index (χ0) is 11.4. The maximum atomic E-state index is 12.9. The van der Waals surface area contributed by atoms with E-state index >= 15 is 0 Å². The largest absolute Gasteiger partial charge is 0.320 e. The quantitative estimate of drug-likeness (QED) is 0.822. The second kappa shape index (κ2) is 4.89. The smallest absolute Gasteiger partial charge is 0.243 e. The average molecular weight is 210 g/mol. The molecule has 1 amide bonds. The third-order valence-corrected chi connectivity index (χ3v) is 2.28. The molecular formula is C11H15FN2O. The molecule has 15 heavy (non-hydrogen) atoms. The van der Waals surface area contributed by atoms with Gasteiger partial charge in [-0.05, 0) is 24.6 Å². The summed E-state index contributed by atoms with van der Waals surface area (Å²) in [6.07, 6.45) is 0.568. The molecule has 1 atom stereocenters. The van der Waals surface area contributed by atoms with Crippen LogP contribution in [0.15, 0.2) is 24.3 Å². The number of likely N-dealkylation sites (N-methyl/N-ethyl adjacent to an activating group) is 1. The lowest BCUT2D eigenvalue weighted by Gasteiger charge is -2.20. The van der Waals surface area contributed by atoms with Crippen LogP contribution in [-0.4, -0.2) is 19.0 Å². The third-order valence-electron chi connectivity index (χ3n) is 2.28. The van der Waals surface area contributed by atoms with Crippen LogP contribution < -0.4 is 10.6 Å². The minimum atomic E-state index is -0.529. The standard InChI is InChI=1S/C11H15FN2O/c1-3-10(13)11(15)14(2)9-6-4-5-8(12)7-9/h4-7,10H,3,13H2,1-2H3. The number of carbonyl (C=O) groups is 1. The second-order valence-electron chi connectivity index (χ2n) is 3.39. The normalized spacial score (nSPS) is 12.3. The Balaban J connectivity index is 2.85. The highest BCUT2D eigenvalue weighted by atomic mass is 19.1. The number of hydrogen-bond donors (Lipinski definition) is 1. The predicted molar refractivity (Wildman–Crippen MR) is 58.1 cm³/mol. The molecule has 1 unspecified atom stereocenters. The molecule has 1 rings (SSSR count). The minimum absolute atomic E-state index is 0.205. The summed E-state index contributed by atoms with van der Waals surface area (Å²) in [6.45, 7) is 1.84. The number of amides is 1. The Bertz CT molecular complexity index is 354. The molecule has 0 aliphatic carbocycles. The van der Waals surface area contributed by atoms with Gasteiger partial charge in [-0.1, -0.05) is 13.0 Å². The van der Waals surface area contributed by atoms with E-state index in [1.807, 2.05) is 6.92 Å². The first-order valence-corrected chi connectivity index (χ1v) is 4.85. The molecule has 0 radical (unpaired) electrons. The summed E-state index contributed by atoms with van der Waals surface area (Å²) in [5.41, 5.74) is 6.13. The molecule has 2 N–H and O–H groups in total. The highest BCUT2D eigenvalue weighted by molar-refractivity contribution is 5.96. The number of benzene rings is 1. The maximum Gasteiger partial charge on any atom is 0.243 e. The molecule has 4 heteroatoms. The van der Waals surface area contributed by atoms with Crippen LogP contribution in [0.3, 0.4) is 0 Å². The van der Waals surface area contributed by atoms with Crippen molar-refractivity contribution in [2.24, 2.45) is 5.73 Å². The minimum Gasteiger partial charge on any atom is -0.320 e. The summed E-state index contributed by atoms with van der Waals surface area (Å²) in [7, 11) is 1.59. The van der Waals surface area contributed by atoms with Gasteiger partial charge < -0.3 is 10.6 Å². The van der Waals surface area contributed by atoms with Gasteiger partial charge in [-0.3, -0.25) is 4.79 Å². The fourth-order valence-electron chi connectivity index (χ4n) is 1.24. The first kappa shape index (κ1) is 11.7. The molecule has 0 heterocycles. The Labute approximate surface area is 88.7 Å². The van der Waals surface area contributed by atoms with Crippen LogP contribution >= 0.6 is 0 Å². The molecule has 0 saturated carbocycles. The SMILES string of the molecule is CCC(N)C(=O)N(C)c1cccc(F)c1. The van der Waals surface area contributed by atoms with Gasteiger partial charge >= 0.3 is 0 Å². The molecule has 0 aliphatic rings. The van der Waals surface area contributed by atoms with Gasteiger partial charge in [0.15, 0.2) is 0 Å². The van der Waals surface area contributed by atoms with Crippen LogP contribution in [0.25, 0.3) is 0 Å². The lowest BCUT2D eigenvalue weighted by Crippen LogP contribution is -2.41. The Morgan fingerprint density at radius 2 is 2.27 bits per heavy atom. The molecule has 0 saturated heterocycles. The van der Waals surface area contributed by atoms with Gasteiger partial charge in [0.2, 0.25) is 5.91 Å². The van der Waals surface area contributed by atoms with Crippen LogP contribution in [0, 0.1) is 5.82 Å². The van der Waals surface area contributed by atoms with E-state index in [0.29, 0.717) is 12.1 Å². The second-order valence-corrected chi connectivity index (χ2v) is 3.39. The van der Waals surface area contributed by atoms with E-state index in [2.05, 4.69) is 0 Å². The van der Waals surface area contributed by atoms with Gasteiger partial charge in [-0.25, -0.2) is 4.39 Å². The van der Waals surface area contributed by atoms with E-state index in [-0.39, 0.29) is 11.7 Å². The molecule has 1 aromatic carbocycles. The van der Waals surface area contributed by atoms with Crippen molar-refractivity contribution in [3.63, 3.8) is 0 Å². The monoisotopic (exact) mass is 210 g/mol. The zero-order valence-corrected chi connectivity index (χ0v) is 8.90. The summed E-state index contributed by atoms with van der Waals surface area (Å²) in [5.74, 6) is -0.569. The Hall–Kier alpha value is -1.42. The van der Waals surface area contributed by atoms with E-state index < -0.39 is 6.04 Å². The summed E-state index contributed by atoms with van der Waals surface area (Å²) in [5, 5.41) is 0.